The van der Waals surface area contributed by atoms with Crippen molar-refractivity contribution in [1.82, 2.24) is 9.47 Å². The summed E-state index contributed by atoms with van der Waals surface area (Å²) in [4.78, 5) is 14.1. The summed E-state index contributed by atoms with van der Waals surface area (Å²) in [6.45, 7) is 5.28. The Hall–Kier alpha value is -2.07. The van der Waals surface area contributed by atoms with E-state index in [2.05, 4.69) is 53.8 Å². The average Bonchev–Trinajstić information content (AvgIpc) is 2.93. The topological polar surface area (TPSA) is 34.5 Å². The zero-order valence-corrected chi connectivity index (χ0v) is 15.7. The van der Waals surface area contributed by atoms with Crippen LogP contribution in [0, 0.1) is 11.8 Å². The molecular formula is C22H26N2O2. The van der Waals surface area contributed by atoms with Crippen molar-refractivity contribution in [1.29, 1.82) is 0 Å². The summed E-state index contributed by atoms with van der Waals surface area (Å²) in [6, 6.07) is 9.74. The molecule has 4 bridgehead atoms. The van der Waals surface area contributed by atoms with Gasteiger partial charge in [0.25, 0.3) is 0 Å². The Morgan fingerprint density at radius 3 is 2.92 bits per heavy atom. The first kappa shape index (κ1) is 16.1. The molecule has 0 aliphatic carbocycles. The molecule has 4 aliphatic heterocycles. The predicted molar refractivity (Wildman–Crippen MR) is 102 cm³/mol. The number of rotatable bonds is 2. The fourth-order valence-electron chi connectivity index (χ4n) is 5.90. The Labute approximate surface area is 154 Å². The molecule has 0 radical (unpaired) electrons. The largest absolute Gasteiger partial charge is 0.465 e. The molecule has 0 saturated carbocycles. The summed E-state index contributed by atoms with van der Waals surface area (Å²) < 4.78 is 7.92. The van der Waals surface area contributed by atoms with E-state index in [1.807, 2.05) is 0 Å². The minimum Gasteiger partial charge on any atom is -0.465 e. The third-order valence-corrected chi connectivity index (χ3v) is 7.00. The van der Waals surface area contributed by atoms with Gasteiger partial charge in [-0.1, -0.05) is 29.8 Å². The van der Waals surface area contributed by atoms with Gasteiger partial charge in [-0.25, -0.2) is 0 Å². The normalized spacial score (nSPS) is 33.5. The molecule has 5 heterocycles. The van der Waals surface area contributed by atoms with E-state index in [1.165, 1.54) is 34.7 Å². The molecule has 4 heteroatoms. The van der Waals surface area contributed by atoms with E-state index >= 15 is 0 Å². The van der Waals surface area contributed by atoms with E-state index in [4.69, 9.17) is 4.74 Å². The van der Waals surface area contributed by atoms with Gasteiger partial charge < -0.3 is 9.30 Å². The van der Waals surface area contributed by atoms with Crippen LogP contribution in [-0.2, 0) is 23.0 Å². The number of para-hydroxylation sites is 1. The van der Waals surface area contributed by atoms with Gasteiger partial charge in [0.05, 0.1) is 12.6 Å². The monoisotopic (exact) mass is 350 g/mol. The van der Waals surface area contributed by atoms with Crippen LogP contribution in [0.4, 0.5) is 0 Å². The molecule has 1 aromatic heterocycles. The molecule has 3 saturated heterocycles. The number of piperidine rings is 3. The molecule has 0 spiro atoms. The number of aromatic nitrogens is 1. The lowest BCUT2D eigenvalue weighted by Crippen LogP contribution is -2.61. The van der Waals surface area contributed by atoms with Crippen LogP contribution < -0.4 is 0 Å². The molecule has 1 aromatic carbocycles. The van der Waals surface area contributed by atoms with Crippen molar-refractivity contribution >= 4 is 16.9 Å². The van der Waals surface area contributed by atoms with Gasteiger partial charge in [0.2, 0.25) is 0 Å². The Morgan fingerprint density at radius 1 is 1.35 bits per heavy atom. The van der Waals surface area contributed by atoms with Gasteiger partial charge in [0.15, 0.2) is 0 Å². The van der Waals surface area contributed by atoms with Gasteiger partial charge in [0.1, 0.15) is 0 Å². The number of hydrogen-bond acceptors (Lipinski definition) is 3. The highest BCUT2D eigenvalue weighted by Crippen LogP contribution is 2.54. The predicted octanol–water partition coefficient (Wildman–Crippen LogP) is 3.61. The standard InChI is InChI=1S/C22H26N2O2/c1-4-14-11-24-20-10-17-15-7-5-6-8-19(15)23(3)22(17)21(24)9-16(14)18(20)12-26-13(2)25/h4-8,16,18,20-21H,9-12H2,1-3H3. The maximum Gasteiger partial charge on any atom is 0.302 e. The first-order valence-electron chi connectivity index (χ1n) is 9.70. The van der Waals surface area contributed by atoms with E-state index in [1.54, 1.807) is 0 Å². The van der Waals surface area contributed by atoms with Gasteiger partial charge in [-0.15, -0.1) is 0 Å². The highest BCUT2D eigenvalue weighted by molar-refractivity contribution is 5.86. The van der Waals surface area contributed by atoms with E-state index in [0.717, 1.165) is 19.4 Å². The highest BCUT2D eigenvalue weighted by Gasteiger charge is 2.53. The van der Waals surface area contributed by atoms with Crippen molar-refractivity contribution in [3.05, 3.63) is 47.2 Å². The maximum atomic E-state index is 11.4. The zero-order valence-electron chi connectivity index (χ0n) is 15.7. The van der Waals surface area contributed by atoms with Gasteiger partial charge in [-0.2, -0.15) is 0 Å². The number of aryl methyl sites for hydroxylation is 1. The lowest BCUT2D eigenvalue weighted by atomic mass is 9.64. The van der Waals surface area contributed by atoms with Gasteiger partial charge >= 0.3 is 5.97 Å². The van der Waals surface area contributed by atoms with Crippen LogP contribution >= 0.6 is 0 Å². The molecule has 5 unspecified atom stereocenters. The Kier molecular flexibility index (Phi) is 3.54. The number of nitrogens with zero attached hydrogens (tertiary/aromatic N) is 2. The number of hydrogen-bond donors (Lipinski definition) is 0. The number of carbonyl (C=O) groups excluding carboxylic acids is 1. The van der Waals surface area contributed by atoms with Crippen molar-refractivity contribution < 1.29 is 9.53 Å². The minimum atomic E-state index is -0.165. The van der Waals surface area contributed by atoms with Gasteiger partial charge in [0, 0.05) is 49.1 Å². The fourth-order valence-corrected chi connectivity index (χ4v) is 5.90. The third-order valence-electron chi connectivity index (χ3n) is 7.00. The van der Waals surface area contributed by atoms with Gasteiger partial charge in [-0.3, -0.25) is 9.69 Å². The first-order chi connectivity index (χ1) is 12.6. The summed E-state index contributed by atoms with van der Waals surface area (Å²) in [5, 5.41) is 1.40. The summed E-state index contributed by atoms with van der Waals surface area (Å²) in [6.07, 6.45) is 4.49. The summed E-state index contributed by atoms with van der Waals surface area (Å²) in [7, 11) is 2.22. The molecule has 0 amide bonds. The molecule has 5 atom stereocenters. The van der Waals surface area contributed by atoms with Crippen molar-refractivity contribution in [2.75, 3.05) is 13.2 Å². The highest BCUT2D eigenvalue weighted by atomic mass is 16.5. The maximum absolute atomic E-state index is 11.4. The number of fused-ring (bicyclic) bond motifs is 4. The van der Waals surface area contributed by atoms with E-state index < -0.39 is 0 Å². The second-order valence-electron chi connectivity index (χ2n) is 8.07. The van der Waals surface area contributed by atoms with Crippen molar-refractivity contribution in [2.24, 2.45) is 18.9 Å². The smallest absolute Gasteiger partial charge is 0.302 e. The SMILES string of the molecule is CC=C1CN2C3CC1C(COC(C)=O)C2Cc1c3n(C)c2ccccc12. The van der Waals surface area contributed by atoms with Crippen LogP contribution in [0.1, 0.15) is 37.6 Å². The van der Waals surface area contributed by atoms with Gasteiger partial charge in [-0.05, 0) is 37.3 Å². The van der Waals surface area contributed by atoms with E-state index in [-0.39, 0.29) is 5.97 Å². The Bertz CT molecular complexity index is 926. The van der Waals surface area contributed by atoms with Crippen LogP contribution in [-0.4, -0.2) is 34.6 Å². The summed E-state index contributed by atoms with van der Waals surface area (Å²) >= 11 is 0. The quantitative estimate of drug-likeness (QED) is 0.613. The molecule has 4 aliphatic rings. The minimum absolute atomic E-state index is 0.165. The lowest BCUT2D eigenvalue weighted by Gasteiger charge is -2.58. The fraction of sp³-hybridized carbons (Fsp3) is 0.500. The number of carbonyl (C=O) groups is 1. The van der Waals surface area contributed by atoms with Crippen molar-refractivity contribution in [3.63, 3.8) is 0 Å². The average molecular weight is 350 g/mol. The second-order valence-corrected chi connectivity index (χ2v) is 8.07. The molecule has 2 aromatic rings. The van der Waals surface area contributed by atoms with E-state index in [0.29, 0.717) is 30.5 Å². The number of allylic oxidation sites excluding steroid dienone is 1. The molecule has 26 heavy (non-hydrogen) atoms. The molecular weight excluding hydrogens is 324 g/mol. The molecule has 136 valence electrons. The summed E-state index contributed by atoms with van der Waals surface area (Å²) in [5.41, 5.74) is 5.89. The number of esters is 1. The summed E-state index contributed by atoms with van der Waals surface area (Å²) in [5.74, 6) is 0.773. The third kappa shape index (κ3) is 2.08. The van der Waals surface area contributed by atoms with Crippen molar-refractivity contribution in [3.8, 4) is 0 Å². The van der Waals surface area contributed by atoms with Crippen LogP contribution in [0.25, 0.3) is 10.9 Å². The molecule has 0 N–H and O–H groups in total. The lowest BCUT2D eigenvalue weighted by molar-refractivity contribution is -0.146. The Morgan fingerprint density at radius 2 is 2.15 bits per heavy atom. The van der Waals surface area contributed by atoms with E-state index in [9.17, 15) is 4.79 Å². The van der Waals surface area contributed by atoms with Crippen molar-refractivity contribution in [2.45, 2.75) is 38.8 Å². The molecule has 4 nitrogen and oxygen atoms in total. The van der Waals surface area contributed by atoms with Crippen LogP contribution in [0.2, 0.25) is 0 Å². The zero-order chi connectivity index (χ0) is 18.0. The second kappa shape index (κ2) is 5.71. The Balaban J connectivity index is 1.62. The number of ether oxygens (including phenoxy) is 1. The molecule has 3 fully saturated rings. The first-order valence-corrected chi connectivity index (χ1v) is 9.70. The van der Waals surface area contributed by atoms with Crippen LogP contribution in [0.3, 0.4) is 0 Å². The van der Waals surface area contributed by atoms with Crippen LogP contribution in [0.15, 0.2) is 35.9 Å². The molecule has 6 rings (SSSR count). The number of benzene rings is 1. The van der Waals surface area contributed by atoms with Crippen LogP contribution in [0.5, 0.6) is 0 Å².